The summed E-state index contributed by atoms with van der Waals surface area (Å²) in [7, 11) is 0. The van der Waals surface area contributed by atoms with Crippen LogP contribution >= 0.6 is 11.6 Å². The second-order valence-corrected chi connectivity index (χ2v) is 6.36. The molecule has 5 nitrogen and oxygen atoms in total. The maximum atomic E-state index is 11.9. The molecule has 116 valence electrons. The lowest BCUT2D eigenvalue weighted by Crippen LogP contribution is -2.59. The summed E-state index contributed by atoms with van der Waals surface area (Å²) < 4.78 is 0. The lowest BCUT2D eigenvalue weighted by Gasteiger charge is -2.38. The van der Waals surface area contributed by atoms with E-state index in [1.807, 2.05) is 0 Å². The van der Waals surface area contributed by atoms with Gasteiger partial charge in [0, 0.05) is 10.6 Å². The Labute approximate surface area is 129 Å². The van der Waals surface area contributed by atoms with Crippen LogP contribution in [-0.2, 0) is 4.79 Å². The van der Waals surface area contributed by atoms with Gasteiger partial charge in [0.25, 0.3) is 5.91 Å². The van der Waals surface area contributed by atoms with Crippen LogP contribution in [0.15, 0.2) is 24.3 Å². The molecule has 21 heavy (non-hydrogen) atoms. The number of halogens is 1. The van der Waals surface area contributed by atoms with Crippen molar-refractivity contribution in [3.8, 4) is 0 Å². The van der Waals surface area contributed by atoms with Crippen molar-refractivity contribution >= 4 is 23.4 Å². The fourth-order valence-electron chi connectivity index (χ4n) is 1.44. The van der Waals surface area contributed by atoms with E-state index in [-0.39, 0.29) is 18.4 Å². The number of nitrogens with one attached hydrogen (secondary N) is 2. The molecular weight excluding hydrogens is 292 g/mol. The summed E-state index contributed by atoms with van der Waals surface area (Å²) in [6, 6.07) is 6.46. The predicted molar refractivity (Wildman–Crippen MR) is 82.3 cm³/mol. The molecule has 0 aliphatic rings. The first-order chi connectivity index (χ1) is 9.53. The lowest BCUT2D eigenvalue weighted by atomic mass is 9.86. The van der Waals surface area contributed by atoms with Crippen LogP contribution in [0, 0.1) is 0 Å². The summed E-state index contributed by atoms with van der Waals surface area (Å²) in [6.07, 6.45) is 0. The fourth-order valence-corrected chi connectivity index (χ4v) is 1.63. The molecule has 3 N–H and O–H groups in total. The molecule has 0 unspecified atom stereocenters. The molecule has 0 fully saturated rings. The summed E-state index contributed by atoms with van der Waals surface area (Å²) in [6.45, 7) is 6.47. The van der Waals surface area contributed by atoms with Gasteiger partial charge in [-0.1, -0.05) is 17.7 Å². The second kappa shape index (κ2) is 6.45. The monoisotopic (exact) mass is 312 g/mol. The van der Waals surface area contributed by atoms with Gasteiger partial charge in [0.2, 0.25) is 5.91 Å². The molecule has 0 bridgehead atoms. The Morgan fingerprint density at radius 1 is 1.24 bits per heavy atom. The zero-order valence-electron chi connectivity index (χ0n) is 12.7. The number of amides is 2. The summed E-state index contributed by atoms with van der Waals surface area (Å²) in [4.78, 5) is 23.7. The zero-order chi connectivity index (χ0) is 16.3. The topological polar surface area (TPSA) is 78.4 Å². The molecule has 0 aromatic heterocycles. The minimum Gasteiger partial charge on any atom is -0.388 e. The molecule has 0 saturated heterocycles. The molecule has 0 spiro atoms. The summed E-state index contributed by atoms with van der Waals surface area (Å²) in [5.74, 6) is -0.758. The van der Waals surface area contributed by atoms with Crippen LogP contribution in [0.4, 0.5) is 0 Å². The van der Waals surface area contributed by atoms with Gasteiger partial charge in [-0.05, 0) is 45.9 Å². The number of benzene rings is 1. The standard InChI is InChI=1S/C15H21ClN2O3/c1-14(2,15(3,4)21)18-12(19)9-17-13(20)10-6-5-7-11(16)8-10/h5-8,21H,9H2,1-4H3,(H,17,20)(H,18,19). The van der Waals surface area contributed by atoms with Crippen molar-refractivity contribution < 1.29 is 14.7 Å². The molecule has 0 saturated carbocycles. The lowest BCUT2D eigenvalue weighted by molar-refractivity contribution is -0.125. The highest BCUT2D eigenvalue weighted by atomic mass is 35.5. The van der Waals surface area contributed by atoms with E-state index in [4.69, 9.17) is 11.6 Å². The molecule has 2 amide bonds. The average molecular weight is 313 g/mol. The van der Waals surface area contributed by atoms with Gasteiger partial charge in [-0.15, -0.1) is 0 Å². The van der Waals surface area contributed by atoms with Crippen LogP contribution in [0.3, 0.4) is 0 Å². The first kappa shape index (κ1) is 17.5. The Morgan fingerprint density at radius 3 is 2.38 bits per heavy atom. The Kier molecular flexibility index (Phi) is 5.36. The van der Waals surface area contributed by atoms with E-state index < -0.39 is 11.1 Å². The van der Waals surface area contributed by atoms with Crippen LogP contribution in [-0.4, -0.2) is 34.6 Å². The quantitative estimate of drug-likeness (QED) is 0.775. The van der Waals surface area contributed by atoms with Crippen molar-refractivity contribution in [1.29, 1.82) is 0 Å². The van der Waals surface area contributed by atoms with Crippen LogP contribution in [0.1, 0.15) is 38.1 Å². The molecule has 1 aromatic rings. The normalized spacial score (nSPS) is 11.9. The molecular formula is C15H21ClN2O3. The van der Waals surface area contributed by atoms with Gasteiger partial charge in [-0.3, -0.25) is 9.59 Å². The van der Waals surface area contributed by atoms with E-state index in [9.17, 15) is 14.7 Å². The number of hydrogen-bond acceptors (Lipinski definition) is 3. The second-order valence-electron chi connectivity index (χ2n) is 5.93. The van der Waals surface area contributed by atoms with Gasteiger partial charge in [0.15, 0.2) is 0 Å². The molecule has 0 heterocycles. The van der Waals surface area contributed by atoms with Gasteiger partial charge in [0.05, 0.1) is 17.7 Å². The van der Waals surface area contributed by atoms with Crippen LogP contribution in [0.2, 0.25) is 5.02 Å². The van der Waals surface area contributed by atoms with E-state index in [0.29, 0.717) is 10.6 Å². The maximum absolute atomic E-state index is 11.9. The van der Waals surface area contributed by atoms with Crippen molar-refractivity contribution in [2.24, 2.45) is 0 Å². The number of hydrogen-bond donors (Lipinski definition) is 3. The van der Waals surface area contributed by atoms with Crippen molar-refractivity contribution in [3.05, 3.63) is 34.9 Å². The number of carbonyl (C=O) groups excluding carboxylic acids is 2. The third-order valence-corrected chi connectivity index (χ3v) is 3.71. The Hall–Kier alpha value is -1.59. The van der Waals surface area contributed by atoms with Crippen LogP contribution in [0.5, 0.6) is 0 Å². The van der Waals surface area contributed by atoms with E-state index in [1.165, 1.54) is 6.07 Å². The van der Waals surface area contributed by atoms with E-state index in [1.54, 1.807) is 45.9 Å². The Morgan fingerprint density at radius 2 is 1.86 bits per heavy atom. The highest BCUT2D eigenvalue weighted by molar-refractivity contribution is 6.30. The molecule has 6 heteroatoms. The van der Waals surface area contributed by atoms with Crippen molar-refractivity contribution in [2.75, 3.05) is 6.54 Å². The van der Waals surface area contributed by atoms with Crippen molar-refractivity contribution in [2.45, 2.75) is 38.8 Å². The first-order valence-electron chi connectivity index (χ1n) is 6.60. The maximum Gasteiger partial charge on any atom is 0.251 e. The molecule has 1 aromatic carbocycles. The zero-order valence-corrected chi connectivity index (χ0v) is 13.4. The largest absolute Gasteiger partial charge is 0.388 e. The molecule has 0 aliphatic heterocycles. The number of aliphatic hydroxyl groups is 1. The van der Waals surface area contributed by atoms with E-state index in [0.717, 1.165) is 0 Å². The van der Waals surface area contributed by atoms with Gasteiger partial charge in [-0.25, -0.2) is 0 Å². The smallest absolute Gasteiger partial charge is 0.251 e. The molecule has 0 aliphatic carbocycles. The van der Waals surface area contributed by atoms with Crippen molar-refractivity contribution in [1.82, 2.24) is 10.6 Å². The fraction of sp³-hybridized carbons (Fsp3) is 0.467. The third-order valence-electron chi connectivity index (χ3n) is 3.48. The predicted octanol–water partition coefficient (Wildman–Crippen LogP) is 1.74. The average Bonchev–Trinajstić information content (AvgIpc) is 2.34. The van der Waals surface area contributed by atoms with Crippen LogP contribution in [0.25, 0.3) is 0 Å². The highest BCUT2D eigenvalue weighted by Crippen LogP contribution is 2.20. The third kappa shape index (κ3) is 5.02. The Bertz CT molecular complexity index is 536. The number of rotatable bonds is 5. The van der Waals surface area contributed by atoms with Gasteiger partial charge in [-0.2, -0.15) is 0 Å². The van der Waals surface area contributed by atoms with E-state index >= 15 is 0 Å². The molecule has 0 radical (unpaired) electrons. The van der Waals surface area contributed by atoms with Gasteiger partial charge < -0.3 is 15.7 Å². The van der Waals surface area contributed by atoms with Crippen molar-refractivity contribution in [3.63, 3.8) is 0 Å². The molecule has 1 rings (SSSR count). The summed E-state index contributed by atoms with van der Waals surface area (Å²) >= 11 is 5.80. The van der Waals surface area contributed by atoms with Crippen LogP contribution < -0.4 is 10.6 Å². The minimum absolute atomic E-state index is 0.176. The SMILES string of the molecule is CC(C)(O)C(C)(C)NC(=O)CNC(=O)c1cccc(Cl)c1. The summed E-state index contributed by atoms with van der Waals surface area (Å²) in [5.41, 5.74) is -1.51. The number of carbonyl (C=O) groups is 2. The first-order valence-corrected chi connectivity index (χ1v) is 6.98. The summed E-state index contributed by atoms with van der Waals surface area (Å²) in [5, 5.41) is 15.6. The minimum atomic E-state index is -1.08. The van der Waals surface area contributed by atoms with Gasteiger partial charge in [0.1, 0.15) is 0 Å². The molecule has 0 atom stereocenters. The van der Waals surface area contributed by atoms with E-state index in [2.05, 4.69) is 10.6 Å². The Balaban J connectivity index is 2.56. The highest BCUT2D eigenvalue weighted by Gasteiger charge is 2.36. The van der Waals surface area contributed by atoms with Gasteiger partial charge >= 0.3 is 0 Å².